The van der Waals surface area contributed by atoms with E-state index in [-0.39, 0.29) is 17.9 Å². The van der Waals surface area contributed by atoms with Gasteiger partial charge in [0.2, 0.25) is 6.10 Å². The molecule has 0 heterocycles. The zero-order chi connectivity index (χ0) is 19.8. The van der Waals surface area contributed by atoms with Gasteiger partial charge in [0.15, 0.2) is 0 Å². The number of aliphatic carboxylic acids is 1. The van der Waals surface area contributed by atoms with Gasteiger partial charge < -0.3 is 14.6 Å². The number of benzene rings is 3. The van der Waals surface area contributed by atoms with Crippen LogP contribution in [0.2, 0.25) is 0 Å². The van der Waals surface area contributed by atoms with Crippen molar-refractivity contribution in [1.29, 1.82) is 0 Å². The second kappa shape index (κ2) is 9.37. The van der Waals surface area contributed by atoms with Crippen LogP contribution in [0.4, 0.5) is 0 Å². The van der Waals surface area contributed by atoms with E-state index in [0.717, 1.165) is 5.56 Å². The molecule has 0 aliphatic carbocycles. The van der Waals surface area contributed by atoms with Gasteiger partial charge in [-0.25, -0.2) is 9.59 Å². The topological polar surface area (TPSA) is 72.8 Å². The zero-order valence-electron chi connectivity index (χ0n) is 15.2. The number of hydrogen-bond acceptors (Lipinski definition) is 4. The molecule has 3 rings (SSSR count). The molecule has 0 saturated carbocycles. The summed E-state index contributed by atoms with van der Waals surface area (Å²) >= 11 is 0. The second-order valence-electron chi connectivity index (χ2n) is 6.11. The van der Waals surface area contributed by atoms with Gasteiger partial charge >= 0.3 is 11.9 Å². The zero-order valence-corrected chi connectivity index (χ0v) is 15.2. The third-order valence-electron chi connectivity index (χ3n) is 4.15. The summed E-state index contributed by atoms with van der Waals surface area (Å²) in [5, 5.41) is 9.54. The predicted octanol–water partition coefficient (Wildman–Crippen LogP) is 4.29. The molecular weight excluding hydrogens is 356 g/mol. The molecule has 0 amide bonds. The van der Waals surface area contributed by atoms with Crippen molar-refractivity contribution in [3.05, 3.63) is 102 Å². The highest BCUT2D eigenvalue weighted by atomic mass is 16.5. The monoisotopic (exact) mass is 376 g/mol. The molecule has 5 nitrogen and oxygen atoms in total. The standard InChI is InChI=1S/C23H20O5/c24-22(25)21(18-11-5-2-6-12-18)28-20-14-8-7-13-19(20)23(26)27-16-15-17-9-3-1-4-10-17/h1-14,21H,15-16H2,(H,24,25). The summed E-state index contributed by atoms with van der Waals surface area (Å²) in [6.45, 7) is 0.220. The maximum atomic E-state index is 12.5. The number of carbonyl (C=O) groups excluding carboxylic acids is 1. The lowest BCUT2D eigenvalue weighted by atomic mass is 10.1. The van der Waals surface area contributed by atoms with Gasteiger partial charge in [0.05, 0.1) is 6.61 Å². The van der Waals surface area contributed by atoms with Gasteiger partial charge in [-0.15, -0.1) is 0 Å². The van der Waals surface area contributed by atoms with Crippen LogP contribution in [0.3, 0.4) is 0 Å². The second-order valence-corrected chi connectivity index (χ2v) is 6.11. The molecule has 1 unspecified atom stereocenters. The first-order valence-electron chi connectivity index (χ1n) is 8.89. The van der Waals surface area contributed by atoms with Crippen molar-refractivity contribution in [2.24, 2.45) is 0 Å². The third kappa shape index (κ3) is 4.98. The number of ether oxygens (including phenoxy) is 2. The summed E-state index contributed by atoms with van der Waals surface area (Å²) in [5.74, 6) is -1.52. The van der Waals surface area contributed by atoms with Crippen molar-refractivity contribution in [3.8, 4) is 5.75 Å². The van der Waals surface area contributed by atoms with Crippen LogP contribution in [0.25, 0.3) is 0 Å². The number of para-hydroxylation sites is 1. The number of carboxylic acid groups (broad SMARTS) is 1. The fraction of sp³-hybridized carbons (Fsp3) is 0.130. The van der Waals surface area contributed by atoms with Gasteiger partial charge in [-0.1, -0.05) is 72.8 Å². The molecule has 0 aromatic heterocycles. The molecule has 3 aromatic carbocycles. The highest BCUT2D eigenvalue weighted by molar-refractivity contribution is 5.92. The quantitative estimate of drug-likeness (QED) is 0.594. The molecule has 0 aliphatic rings. The Morgan fingerprint density at radius 1 is 0.821 bits per heavy atom. The molecule has 1 N–H and O–H groups in total. The summed E-state index contributed by atoms with van der Waals surface area (Å²) in [7, 11) is 0. The van der Waals surface area contributed by atoms with Crippen LogP contribution in [0.5, 0.6) is 5.75 Å². The summed E-state index contributed by atoms with van der Waals surface area (Å²) in [4.78, 5) is 24.2. The van der Waals surface area contributed by atoms with Crippen molar-refractivity contribution in [2.45, 2.75) is 12.5 Å². The lowest BCUT2D eigenvalue weighted by Gasteiger charge is -2.17. The van der Waals surface area contributed by atoms with Gasteiger partial charge in [-0.2, -0.15) is 0 Å². The summed E-state index contributed by atoms with van der Waals surface area (Å²) in [6.07, 6.45) is -0.628. The number of carbonyl (C=O) groups is 2. The average Bonchev–Trinajstić information content (AvgIpc) is 2.73. The van der Waals surface area contributed by atoms with Crippen LogP contribution in [0.1, 0.15) is 27.6 Å². The molecule has 0 saturated heterocycles. The van der Waals surface area contributed by atoms with E-state index in [1.807, 2.05) is 30.3 Å². The normalized spacial score (nSPS) is 11.4. The Morgan fingerprint density at radius 2 is 1.43 bits per heavy atom. The Morgan fingerprint density at radius 3 is 2.11 bits per heavy atom. The van der Waals surface area contributed by atoms with Crippen LogP contribution in [0.15, 0.2) is 84.9 Å². The van der Waals surface area contributed by atoms with E-state index < -0.39 is 18.0 Å². The average molecular weight is 376 g/mol. The van der Waals surface area contributed by atoms with Gasteiger partial charge in [-0.3, -0.25) is 0 Å². The molecule has 28 heavy (non-hydrogen) atoms. The van der Waals surface area contributed by atoms with E-state index in [0.29, 0.717) is 12.0 Å². The number of rotatable bonds is 8. The molecular formula is C23H20O5. The van der Waals surface area contributed by atoms with Crippen molar-refractivity contribution in [3.63, 3.8) is 0 Å². The fourth-order valence-corrected chi connectivity index (χ4v) is 2.74. The van der Waals surface area contributed by atoms with Crippen LogP contribution in [0, 0.1) is 0 Å². The summed E-state index contributed by atoms with van der Waals surface area (Å²) in [6, 6.07) is 24.8. The van der Waals surface area contributed by atoms with E-state index in [2.05, 4.69) is 0 Å². The number of esters is 1. The van der Waals surface area contributed by atoms with Crippen LogP contribution in [-0.4, -0.2) is 23.7 Å². The summed E-state index contributed by atoms with van der Waals surface area (Å²) < 4.78 is 11.0. The van der Waals surface area contributed by atoms with E-state index >= 15 is 0 Å². The summed E-state index contributed by atoms with van der Waals surface area (Å²) in [5.41, 5.74) is 1.75. The third-order valence-corrected chi connectivity index (χ3v) is 4.15. The Hall–Kier alpha value is -3.60. The van der Waals surface area contributed by atoms with Crippen molar-refractivity contribution in [2.75, 3.05) is 6.61 Å². The van der Waals surface area contributed by atoms with Gasteiger partial charge in [0.1, 0.15) is 11.3 Å². The first kappa shape index (κ1) is 19.2. The fourth-order valence-electron chi connectivity index (χ4n) is 2.74. The maximum absolute atomic E-state index is 12.5. The Balaban J connectivity index is 1.71. The lowest BCUT2D eigenvalue weighted by molar-refractivity contribution is -0.145. The SMILES string of the molecule is O=C(OCCc1ccccc1)c1ccccc1OC(C(=O)O)c1ccccc1. The highest BCUT2D eigenvalue weighted by Gasteiger charge is 2.24. The van der Waals surface area contributed by atoms with E-state index in [1.165, 1.54) is 0 Å². The minimum atomic E-state index is -1.22. The maximum Gasteiger partial charge on any atom is 0.349 e. The largest absolute Gasteiger partial charge is 0.478 e. The molecule has 0 bridgehead atoms. The highest BCUT2D eigenvalue weighted by Crippen LogP contribution is 2.26. The van der Waals surface area contributed by atoms with E-state index in [4.69, 9.17) is 9.47 Å². The smallest absolute Gasteiger partial charge is 0.349 e. The van der Waals surface area contributed by atoms with E-state index in [9.17, 15) is 14.7 Å². The Kier molecular flexibility index (Phi) is 6.41. The molecule has 0 aliphatic heterocycles. The van der Waals surface area contributed by atoms with Crippen molar-refractivity contribution < 1.29 is 24.2 Å². The Bertz CT molecular complexity index is 922. The number of carboxylic acids is 1. The lowest BCUT2D eigenvalue weighted by Crippen LogP contribution is -2.19. The minimum absolute atomic E-state index is 0.170. The van der Waals surface area contributed by atoms with Crippen molar-refractivity contribution >= 4 is 11.9 Å². The molecule has 1 atom stereocenters. The van der Waals surface area contributed by atoms with Crippen LogP contribution < -0.4 is 4.74 Å². The number of hydrogen-bond donors (Lipinski definition) is 1. The van der Waals surface area contributed by atoms with Crippen molar-refractivity contribution in [1.82, 2.24) is 0 Å². The molecule has 3 aromatic rings. The predicted molar refractivity (Wildman–Crippen MR) is 104 cm³/mol. The molecule has 0 spiro atoms. The first-order valence-corrected chi connectivity index (χ1v) is 8.89. The van der Waals surface area contributed by atoms with Gasteiger partial charge in [-0.05, 0) is 17.7 Å². The van der Waals surface area contributed by atoms with E-state index in [1.54, 1.807) is 54.6 Å². The minimum Gasteiger partial charge on any atom is -0.478 e. The Labute approximate surface area is 163 Å². The molecule has 142 valence electrons. The molecule has 5 heteroatoms. The van der Waals surface area contributed by atoms with Gasteiger partial charge in [0, 0.05) is 12.0 Å². The molecule has 0 fully saturated rings. The first-order chi connectivity index (χ1) is 13.6. The van der Waals surface area contributed by atoms with Gasteiger partial charge in [0.25, 0.3) is 0 Å². The van der Waals surface area contributed by atoms with Crippen LogP contribution >= 0.6 is 0 Å². The molecule has 0 radical (unpaired) electrons. The van der Waals surface area contributed by atoms with Crippen LogP contribution in [-0.2, 0) is 16.0 Å².